The molecule has 8 aromatic rings. The maximum absolute atomic E-state index is 7.12. The minimum absolute atomic E-state index is 0.496. The van der Waals surface area contributed by atoms with Gasteiger partial charge in [-0.25, -0.2) is 29.9 Å². The number of ether oxygens (including phenoxy) is 1. The predicted molar refractivity (Wildman–Crippen MR) is 248 cm³/mol. The van der Waals surface area contributed by atoms with E-state index in [2.05, 4.69) is 116 Å². The normalized spacial score (nSPS) is 12.8. The first-order chi connectivity index (χ1) is 29.5. The van der Waals surface area contributed by atoms with Crippen molar-refractivity contribution in [3.63, 3.8) is 0 Å². The van der Waals surface area contributed by atoms with Gasteiger partial charge < -0.3 is 28.2 Å². The topological polar surface area (TPSA) is 118 Å². The highest BCUT2D eigenvalue weighted by Crippen LogP contribution is 2.42. The molecule has 12 heteroatoms. The molecule has 0 amide bonds. The standard InChI is InChI=1S/C50H52N11O/c1-59(2,3)27-30-24-31(28-60(4,5)6)42(32(25-30)29-61(7,8)9)62-33-22-23-40-41(26-33)50-57-48-39-21-15-14-20-38(39)46(55-48)53-44-35-17-11-10-16-34(35)43(51-44)52-45-36-18-12-13-19-37(36)47(54-45)56-49(40)58-50/h10-26H,27-29H2,1-9H3,(H2,51,52,53,54,55,56,57,58)/q+3. The van der Waals surface area contributed by atoms with Gasteiger partial charge >= 0.3 is 0 Å². The van der Waals surface area contributed by atoms with Crippen LogP contribution in [-0.4, -0.2) is 117 Å². The number of hydrogen-bond acceptors (Lipinski definition) is 7. The lowest BCUT2D eigenvalue weighted by Gasteiger charge is -2.30. The van der Waals surface area contributed by atoms with Gasteiger partial charge in [-0.3, -0.25) is 0 Å². The molecule has 3 aromatic heterocycles. The number of aromatic amines is 2. The molecule has 10 rings (SSSR count). The van der Waals surface area contributed by atoms with Crippen molar-refractivity contribution >= 4 is 44.1 Å². The van der Waals surface area contributed by atoms with Crippen LogP contribution >= 0.6 is 0 Å². The summed E-state index contributed by atoms with van der Waals surface area (Å²) in [5, 5.41) is 3.77. The summed E-state index contributed by atoms with van der Waals surface area (Å²) in [6, 6.07) is 35.2. The highest BCUT2D eigenvalue weighted by molar-refractivity contribution is 6.07. The first kappa shape index (κ1) is 39.3. The van der Waals surface area contributed by atoms with Crippen LogP contribution < -0.4 is 4.74 Å². The van der Waals surface area contributed by atoms with Crippen molar-refractivity contribution < 1.29 is 18.2 Å². The molecule has 0 saturated carbocycles. The SMILES string of the molecule is C[N+](C)(C)Cc1cc(C[N+](C)(C)C)c(Oc2ccc3c(c2)-c2nc4nc(nc5[nH]c(nc6[nH]c(nc-3n2)c2ccccc62)c2ccccc52)-c2ccccc2-4)c(C[N+](C)(C)C)c1. The van der Waals surface area contributed by atoms with Gasteiger partial charge in [0, 0.05) is 60.5 Å². The second kappa shape index (κ2) is 14.4. The summed E-state index contributed by atoms with van der Waals surface area (Å²) in [5.74, 6) is 3.71. The van der Waals surface area contributed by atoms with Crippen molar-refractivity contribution in [2.45, 2.75) is 19.6 Å². The molecule has 2 aliphatic rings. The Bertz CT molecular complexity index is 3230. The second-order valence-electron chi connectivity index (χ2n) is 19.6. The van der Waals surface area contributed by atoms with Crippen molar-refractivity contribution in [2.24, 2.45) is 0 Å². The summed E-state index contributed by atoms with van der Waals surface area (Å²) in [6.45, 7) is 2.51. The minimum atomic E-state index is 0.496. The molecule has 0 aliphatic carbocycles. The first-order valence-electron chi connectivity index (χ1n) is 21.0. The van der Waals surface area contributed by atoms with E-state index in [0.29, 0.717) is 51.6 Å². The predicted octanol–water partition coefficient (Wildman–Crippen LogP) is 9.28. The van der Waals surface area contributed by atoms with Gasteiger partial charge in [-0.05, 0) is 30.3 Å². The van der Waals surface area contributed by atoms with Crippen LogP contribution in [0.3, 0.4) is 0 Å². The maximum atomic E-state index is 7.12. The number of hydrogen-bond donors (Lipinski definition) is 2. The lowest BCUT2D eigenvalue weighted by molar-refractivity contribution is -0.885. The Hall–Kier alpha value is -6.86. The van der Waals surface area contributed by atoms with Crippen LogP contribution in [0.2, 0.25) is 0 Å². The van der Waals surface area contributed by atoms with E-state index < -0.39 is 0 Å². The molecule has 12 nitrogen and oxygen atoms in total. The monoisotopic (exact) mass is 822 g/mol. The van der Waals surface area contributed by atoms with E-state index in [1.807, 2.05) is 60.7 Å². The van der Waals surface area contributed by atoms with Crippen molar-refractivity contribution in [1.29, 1.82) is 0 Å². The molecule has 0 atom stereocenters. The number of quaternary nitrogens is 3. The van der Waals surface area contributed by atoms with Gasteiger partial charge in [0.1, 0.15) is 53.7 Å². The second-order valence-corrected chi connectivity index (χ2v) is 19.6. The number of rotatable bonds is 8. The zero-order chi connectivity index (χ0) is 43.1. The molecule has 310 valence electrons. The van der Waals surface area contributed by atoms with Crippen LogP contribution in [0.25, 0.3) is 89.7 Å². The van der Waals surface area contributed by atoms with Crippen LogP contribution in [0.1, 0.15) is 16.7 Å². The van der Waals surface area contributed by atoms with Gasteiger partial charge in [-0.1, -0.05) is 72.8 Å². The van der Waals surface area contributed by atoms with E-state index in [0.717, 1.165) is 82.6 Å². The molecule has 0 radical (unpaired) electrons. The summed E-state index contributed by atoms with van der Waals surface area (Å²) in [7, 11) is 20.1. The Kier molecular flexibility index (Phi) is 9.11. The summed E-state index contributed by atoms with van der Waals surface area (Å²) in [4.78, 5) is 38.1. The lowest BCUT2D eigenvalue weighted by atomic mass is 10.0. The van der Waals surface area contributed by atoms with E-state index in [4.69, 9.17) is 34.6 Å². The third kappa shape index (κ3) is 7.57. The highest BCUT2D eigenvalue weighted by Gasteiger charge is 2.27. The maximum Gasteiger partial charge on any atom is 0.164 e. The Morgan fingerprint density at radius 3 is 1.24 bits per heavy atom. The quantitative estimate of drug-likeness (QED) is 0.147. The van der Waals surface area contributed by atoms with Crippen molar-refractivity contribution in [2.75, 3.05) is 63.4 Å². The van der Waals surface area contributed by atoms with E-state index in [1.54, 1.807) is 0 Å². The molecule has 5 heterocycles. The third-order valence-corrected chi connectivity index (χ3v) is 11.0. The fourth-order valence-electron chi connectivity index (χ4n) is 8.66. The largest absolute Gasteiger partial charge is 0.456 e. The van der Waals surface area contributed by atoms with Gasteiger partial charge in [0.05, 0.1) is 63.4 Å². The van der Waals surface area contributed by atoms with Crippen molar-refractivity contribution in [1.82, 2.24) is 39.9 Å². The Morgan fingerprint density at radius 1 is 0.403 bits per heavy atom. The third-order valence-electron chi connectivity index (χ3n) is 11.0. The molecular weight excluding hydrogens is 771 g/mol. The molecule has 62 heavy (non-hydrogen) atoms. The number of aromatic nitrogens is 8. The number of benzene rings is 5. The lowest BCUT2D eigenvalue weighted by Crippen LogP contribution is -2.36. The van der Waals surface area contributed by atoms with E-state index >= 15 is 0 Å². The van der Waals surface area contributed by atoms with Crippen LogP contribution in [0.4, 0.5) is 0 Å². The molecule has 0 saturated heterocycles. The summed E-state index contributed by atoms with van der Waals surface area (Å²) in [5.41, 5.74) is 9.76. The molecular formula is C50H52N11O+3. The van der Waals surface area contributed by atoms with E-state index in [9.17, 15) is 0 Å². The molecule has 0 fully saturated rings. The molecule has 2 aliphatic heterocycles. The summed E-state index contributed by atoms with van der Waals surface area (Å²) in [6.07, 6.45) is 0. The molecule has 0 spiro atoms. The zero-order valence-electron chi connectivity index (χ0n) is 36.9. The van der Waals surface area contributed by atoms with Crippen molar-refractivity contribution in [3.8, 4) is 57.1 Å². The van der Waals surface area contributed by atoms with Crippen LogP contribution in [0.5, 0.6) is 11.5 Å². The van der Waals surface area contributed by atoms with Gasteiger partial charge in [0.15, 0.2) is 23.3 Å². The Labute approximate surface area is 361 Å². The van der Waals surface area contributed by atoms with Crippen LogP contribution in [0.15, 0.2) is 103 Å². The zero-order valence-corrected chi connectivity index (χ0v) is 36.9. The Balaban J connectivity index is 1.21. The van der Waals surface area contributed by atoms with Gasteiger partial charge in [-0.2, -0.15) is 0 Å². The fraction of sp³-hybridized carbons (Fsp3) is 0.240. The molecule has 5 aromatic carbocycles. The summed E-state index contributed by atoms with van der Waals surface area (Å²) >= 11 is 0. The number of fused-ring (bicyclic) bond motifs is 20. The van der Waals surface area contributed by atoms with Crippen LogP contribution in [-0.2, 0) is 19.6 Å². The smallest absolute Gasteiger partial charge is 0.164 e. The van der Waals surface area contributed by atoms with Crippen molar-refractivity contribution in [3.05, 3.63) is 120 Å². The number of nitrogens with one attached hydrogen (secondary N) is 2. The van der Waals surface area contributed by atoms with E-state index in [1.165, 1.54) is 16.7 Å². The molecule has 2 N–H and O–H groups in total. The van der Waals surface area contributed by atoms with Gasteiger partial charge in [-0.15, -0.1) is 0 Å². The average Bonchev–Trinajstić information content (AvgIpc) is 3.93. The van der Waals surface area contributed by atoms with Gasteiger partial charge in [0.2, 0.25) is 0 Å². The minimum Gasteiger partial charge on any atom is -0.456 e. The first-order valence-corrected chi connectivity index (χ1v) is 21.0. The van der Waals surface area contributed by atoms with E-state index in [-0.39, 0.29) is 0 Å². The number of nitrogens with zero attached hydrogens (tertiary/aromatic N) is 9. The Morgan fingerprint density at radius 2 is 0.790 bits per heavy atom. The summed E-state index contributed by atoms with van der Waals surface area (Å²) < 4.78 is 9.46. The van der Waals surface area contributed by atoms with Crippen LogP contribution in [0, 0.1) is 0 Å². The highest BCUT2D eigenvalue weighted by atomic mass is 16.5. The molecule has 8 bridgehead atoms. The average molecular weight is 823 g/mol. The van der Waals surface area contributed by atoms with Gasteiger partial charge in [0.25, 0.3) is 0 Å². The molecule has 0 unspecified atom stereocenters. The fourth-order valence-corrected chi connectivity index (χ4v) is 8.66. The number of H-pyrrole nitrogens is 2.